The number of carbonyl (C=O) groups is 1. The number of amides is 1. The van der Waals surface area contributed by atoms with Crippen LogP contribution in [0, 0.1) is 5.92 Å². The van der Waals surface area contributed by atoms with Crippen molar-refractivity contribution in [2.24, 2.45) is 5.92 Å². The van der Waals surface area contributed by atoms with Crippen LogP contribution in [0.2, 0.25) is 0 Å². The molecule has 162 valence electrons. The highest BCUT2D eigenvalue weighted by Gasteiger charge is 2.22. The van der Waals surface area contributed by atoms with Gasteiger partial charge in [-0.05, 0) is 61.3 Å². The third-order valence-electron chi connectivity index (χ3n) is 5.74. The van der Waals surface area contributed by atoms with Crippen molar-refractivity contribution in [3.63, 3.8) is 0 Å². The highest BCUT2D eigenvalue weighted by atomic mass is 32.2. The normalized spacial score (nSPS) is 15.3. The largest absolute Gasteiger partial charge is 0.343 e. The first kappa shape index (κ1) is 22.5. The van der Waals surface area contributed by atoms with Crippen molar-refractivity contribution >= 4 is 15.9 Å². The molecule has 5 nitrogen and oxygen atoms in total. The van der Waals surface area contributed by atoms with Crippen LogP contribution < -0.4 is 4.72 Å². The first-order chi connectivity index (χ1) is 14.5. The molecule has 30 heavy (non-hydrogen) atoms. The van der Waals surface area contributed by atoms with E-state index < -0.39 is 10.0 Å². The Morgan fingerprint density at radius 3 is 2.30 bits per heavy atom. The van der Waals surface area contributed by atoms with Gasteiger partial charge in [0.05, 0.1) is 4.90 Å². The van der Waals surface area contributed by atoms with Crippen molar-refractivity contribution in [3.8, 4) is 0 Å². The molecule has 0 spiro atoms. The molecule has 0 aliphatic carbocycles. The van der Waals surface area contributed by atoms with E-state index >= 15 is 0 Å². The summed E-state index contributed by atoms with van der Waals surface area (Å²) in [5, 5.41) is 0. The van der Waals surface area contributed by atoms with E-state index in [9.17, 15) is 13.2 Å². The van der Waals surface area contributed by atoms with Crippen molar-refractivity contribution in [3.05, 3.63) is 65.7 Å². The van der Waals surface area contributed by atoms with Crippen molar-refractivity contribution in [2.75, 3.05) is 19.6 Å². The lowest BCUT2D eigenvalue weighted by Crippen LogP contribution is -2.39. The minimum Gasteiger partial charge on any atom is -0.343 e. The Hall–Kier alpha value is -2.18. The van der Waals surface area contributed by atoms with E-state index in [1.807, 2.05) is 17.9 Å². The van der Waals surface area contributed by atoms with Gasteiger partial charge in [0.15, 0.2) is 0 Å². The average Bonchev–Trinajstić information content (AvgIpc) is 2.77. The van der Waals surface area contributed by atoms with Crippen LogP contribution in [-0.4, -0.2) is 38.9 Å². The van der Waals surface area contributed by atoms with Gasteiger partial charge in [0.2, 0.25) is 15.9 Å². The number of nitrogens with one attached hydrogen (secondary N) is 1. The Balaban J connectivity index is 1.43. The van der Waals surface area contributed by atoms with Crippen LogP contribution in [0.1, 0.15) is 43.7 Å². The fraction of sp³-hybridized carbons (Fsp3) is 0.458. The molecule has 1 fully saturated rings. The summed E-state index contributed by atoms with van der Waals surface area (Å²) >= 11 is 0. The second-order valence-corrected chi connectivity index (χ2v) is 9.82. The van der Waals surface area contributed by atoms with Gasteiger partial charge in [0.25, 0.3) is 0 Å². The summed E-state index contributed by atoms with van der Waals surface area (Å²) in [4.78, 5) is 14.9. The van der Waals surface area contributed by atoms with Gasteiger partial charge in [0, 0.05) is 26.1 Å². The first-order valence-electron chi connectivity index (χ1n) is 10.9. The maximum atomic E-state index is 12.6. The molecule has 3 rings (SSSR count). The summed E-state index contributed by atoms with van der Waals surface area (Å²) in [5.74, 6) is 0.835. The quantitative estimate of drug-likeness (QED) is 0.661. The van der Waals surface area contributed by atoms with Crippen molar-refractivity contribution < 1.29 is 13.2 Å². The molecule has 1 N–H and O–H groups in total. The molecule has 1 heterocycles. The predicted molar refractivity (Wildman–Crippen MR) is 120 cm³/mol. The van der Waals surface area contributed by atoms with E-state index in [2.05, 4.69) is 29.0 Å². The van der Waals surface area contributed by atoms with Gasteiger partial charge in [-0.2, -0.15) is 0 Å². The topological polar surface area (TPSA) is 66.5 Å². The number of hydrogen-bond donors (Lipinski definition) is 1. The lowest BCUT2D eigenvalue weighted by molar-refractivity contribution is -0.132. The van der Waals surface area contributed by atoms with E-state index in [-0.39, 0.29) is 10.8 Å². The SMILES string of the molecule is CCCNS(=O)(=O)c1ccc(CCC(=O)N2CCC(Cc3ccccc3)CC2)cc1. The summed E-state index contributed by atoms with van der Waals surface area (Å²) in [6.45, 7) is 4.02. The number of likely N-dealkylation sites (tertiary alicyclic amines) is 1. The van der Waals surface area contributed by atoms with Crippen molar-refractivity contribution in [1.82, 2.24) is 9.62 Å². The first-order valence-corrected chi connectivity index (χ1v) is 12.4. The summed E-state index contributed by atoms with van der Waals surface area (Å²) in [7, 11) is -3.44. The predicted octanol–water partition coefficient (Wildman–Crippen LogP) is 3.79. The van der Waals surface area contributed by atoms with Gasteiger partial charge >= 0.3 is 0 Å². The van der Waals surface area contributed by atoms with Crippen LogP contribution in [0.25, 0.3) is 0 Å². The van der Waals surface area contributed by atoms with Gasteiger partial charge in [-0.15, -0.1) is 0 Å². The zero-order valence-corrected chi connectivity index (χ0v) is 18.5. The molecule has 2 aromatic carbocycles. The monoisotopic (exact) mass is 428 g/mol. The third kappa shape index (κ3) is 6.41. The molecular formula is C24H32N2O3S. The Morgan fingerprint density at radius 2 is 1.67 bits per heavy atom. The Labute approximate surface area is 180 Å². The maximum Gasteiger partial charge on any atom is 0.240 e. The molecule has 2 aromatic rings. The molecule has 0 atom stereocenters. The van der Waals surface area contributed by atoms with Gasteiger partial charge in [-0.1, -0.05) is 49.4 Å². The number of piperidine rings is 1. The molecule has 0 bridgehead atoms. The zero-order chi connectivity index (χ0) is 21.4. The van der Waals surface area contributed by atoms with E-state index in [0.29, 0.717) is 25.3 Å². The number of rotatable bonds is 9. The maximum absolute atomic E-state index is 12.6. The molecule has 0 saturated carbocycles. The second kappa shape index (κ2) is 10.7. The summed E-state index contributed by atoms with van der Waals surface area (Å²) in [5.41, 5.74) is 2.36. The van der Waals surface area contributed by atoms with Gasteiger partial charge in [0.1, 0.15) is 0 Å². The summed E-state index contributed by atoms with van der Waals surface area (Å²) < 4.78 is 26.9. The minimum atomic E-state index is -3.44. The molecule has 1 amide bonds. The van der Waals surface area contributed by atoms with Crippen LogP contribution in [0.5, 0.6) is 0 Å². The molecule has 1 aliphatic heterocycles. The van der Waals surface area contributed by atoms with Crippen LogP contribution in [0.15, 0.2) is 59.5 Å². The number of aryl methyl sites for hydroxylation is 1. The van der Waals surface area contributed by atoms with E-state index in [4.69, 9.17) is 0 Å². The molecular weight excluding hydrogens is 396 g/mol. The highest BCUT2D eigenvalue weighted by molar-refractivity contribution is 7.89. The highest BCUT2D eigenvalue weighted by Crippen LogP contribution is 2.22. The van der Waals surface area contributed by atoms with Crippen LogP contribution in [-0.2, 0) is 27.7 Å². The molecule has 0 unspecified atom stereocenters. The summed E-state index contributed by atoms with van der Waals surface area (Å²) in [6, 6.07) is 17.4. The molecule has 0 radical (unpaired) electrons. The van der Waals surface area contributed by atoms with Gasteiger partial charge in [-0.3, -0.25) is 4.79 Å². The molecule has 1 aliphatic rings. The number of benzene rings is 2. The van der Waals surface area contributed by atoms with Crippen LogP contribution >= 0.6 is 0 Å². The third-order valence-corrected chi connectivity index (χ3v) is 7.21. The zero-order valence-electron chi connectivity index (χ0n) is 17.7. The summed E-state index contributed by atoms with van der Waals surface area (Å²) in [6.07, 6.45) is 5.04. The molecule has 1 saturated heterocycles. The van der Waals surface area contributed by atoms with E-state index in [1.165, 1.54) is 5.56 Å². The average molecular weight is 429 g/mol. The lowest BCUT2D eigenvalue weighted by atomic mass is 9.90. The standard InChI is InChI=1S/C24H32N2O3S/c1-2-16-25-30(28,29)23-11-8-20(9-12-23)10-13-24(27)26-17-14-22(15-18-26)19-21-6-4-3-5-7-21/h3-9,11-12,22,25H,2,10,13-19H2,1H3. The number of hydrogen-bond acceptors (Lipinski definition) is 3. The van der Waals surface area contributed by atoms with Gasteiger partial charge < -0.3 is 4.90 Å². The number of carbonyl (C=O) groups excluding carboxylic acids is 1. The van der Waals surface area contributed by atoms with Crippen LogP contribution in [0.3, 0.4) is 0 Å². The number of nitrogens with zero attached hydrogens (tertiary/aromatic N) is 1. The van der Waals surface area contributed by atoms with E-state index in [1.54, 1.807) is 24.3 Å². The van der Waals surface area contributed by atoms with E-state index in [0.717, 1.165) is 44.3 Å². The second-order valence-electron chi connectivity index (χ2n) is 8.06. The van der Waals surface area contributed by atoms with Gasteiger partial charge in [-0.25, -0.2) is 13.1 Å². The Kier molecular flexibility index (Phi) is 8.05. The lowest BCUT2D eigenvalue weighted by Gasteiger charge is -2.32. The minimum absolute atomic E-state index is 0.189. The Morgan fingerprint density at radius 1 is 1.00 bits per heavy atom. The Bertz CT molecular complexity index is 903. The fourth-order valence-corrected chi connectivity index (χ4v) is 5.03. The number of sulfonamides is 1. The molecule has 0 aromatic heterocycles. The van der Waals surface area contributed by atoms with Crippen LogP contribution in [0.4, 0.5) is 0 Å². The van der Waals surface area contributed by atoms with Crippen molar-refractivity contribution in [1.29, 1.82) is 0 Å². The molecule has 6 heteroatoms. The smallest absolute Gasteiger partial charge is 0.240 e. The van der Waals surface area contributed by atoms with Crippen molar-refractivity contribution in [2.45, 2.75) is 50.3 Å². The fourth-order valence-electron chi connectivity index (χ4n) is 3.90.